The molecule has 0 amide bonds. The first-order chi connectivity index (χ1) is 9.42. The maximum atomic E-state index is 12.1. The second-order valence-electron chi connectivity index (χ2n) is 4.37. The molecule has 8 heteroatoms. The molecule has 0 fully saturated rings. The highest BCUT2D eigenvalue weighted by Gasteiger charge is 2.24. The lowest BCUT2D eigenvalue weighted by Gasteiger charge is -2.09. The smallest absolute Gasteiger partial charge is 0.245 e. The van der Waals surface area contributed by atoms with Gasteiger partial charge in [0.2, 0.25) is 10.0 Å². The molecule has 0 saturated carbocycles. The van der Waals surface area contributed by atoms with Crippen LogP contribution in [0.5, 0.6) is 0 Å². The Morgan fingerprint density at radius 1 is 1.45 bits per heavy atom. The zero-order chi connectivity index (χ0) is 14.8. The Morgan fingerprint density at radius 3 is 2.75 bits per heavy atom. The van der Waals surface area contributed by atoms with Crippen LogP contribution in [0.1, 0.15) is 29.7 Å². The van der Waals surface area contributed by atoms with Gasteiger partial charge in [0, 0.05) is 6.54 Å². The van der Waals surface area contributed by atoms with Crippen LogP contribution < -0.4 is 4.72 Å². The number of rotatable bonds is 6. The maximum absolute atomic E-state index is 12.1. The molecule has 0 bridgehead atoms. The van der Waals surface area contributed by atoms with Gasteiger partial charge in [-0.3, -0.25) is 0 Å². The number of furan rings is 1. The van der Waals surface area contributed by atoms with Gasteiger partial charge >= 0.3 is 0 Å². The quantitative estimate of drug-likeness (QED) is 0.832. The molecular weight excluding hydrogens is 284 g/mol. The molecule has 0 aliphatic carbocycles. The van der Waals surface area contributed by atoms with E-state index in [9.17, 15) is 13.5 Å². The molecule has 0 radical (unpaired) electrons. The van der Waals surface area contributed by atoms with Gasteiger partial charge in [-0.1, -0.05) is 5.16 Å². The van der Waals surface area contributed by atoms with Gasteiger partial charge in [-0.15, -0.1) is 0 Å². The number of nitrogens with one attached hydrogen (secondary N) is 1. The van der Waals surface area contributed by atoms with Crippen molar-refractivity contribution in [3.8, 4) is 0 Å². The first-order valence-corrected chi connectivity index (χ1v) is 7.54. The molecule has 2 aromatic heterocycles. The summed E-state index contributed by atoms with van der Waals surface area (Å²) in [5.41, 5.74) is 0.307. The lowest BCUT2D eigenvalue weighted by Crippen LogP contribution is -2.26. The van der Waals surface area contributed by atoms with Crippen LogP contribution in [0.2, 0.25) is 0 Å². The van der Waals surface area contributed by atoms with Gasteiger partial charge in [0.05, 0.1) is 6.26 Å². The molecule has 7 nitrogen and oxygen atoms in total. The van der Waals surface area contributed by atoms with E-state index >= 15 is 0 Å². The molecule has 0 unspecified atom stereocenters. The first kappa shape index (κ1) is 14.8. The maximum Gasteiger partial charge on any atom is 0.245 e. The van der Waals surface area contributed by atoms with E-state index in [0.29, 0.717) is 11.5 Å². The van der Waals surface area contributed by atoms with Gasteiger partial charge in [0.1, 0.15) is 22.5 Å². The molecule has 2 rings (SSSR count). The van der Waals surface area contributed by atoms with Crippen molar-refractivity contribution >= 4 is 10.0 Å². The summed E-state index contributed by atoms with van der Waals surface area (Å²) < 4.78 is 36.5. The predicted molar refractivity (Wildman–Crippen MR) is 69.5 cm³/mol. The molecule has 0 aromatic carbocycles. The van der Waals surface area contributed by atoms with E-state index in [1.54, 1.807) is 19.1 Å². The normalized spacial score (nSPS) is 13.6. The number of aliphatic hydroxyl groups excluding tert-OH is 1. The van der Waals surface area contributed by atoms with Crippen molar-refractivity contribution < 1.29 is 22.5 Å². The minimum atomic E-state index is -3.69. The minimum Gasteiger partial charge on any atom is -0.467 e. The Kier molecular flexibility index (Phi) is 4.26. The van der Waals surface area contributed by atoms with Crippen LogP contribution in [0.15, 0.2) is 32.2 Å². The number of nitrogens with zero attached hydrogens (tertiary/aromatic N) is 1. The third-order valence-corrected chi connectivity index (χ3v) is 4.52. The van der Waals surface area contributed by atoms with Crippen LogP contribution in [0.25, 0.3) is 0 Å². The summed E-state index contributed by atoms with van der Waals surface area (Å²) in [4.78, 5) is 0.0463. The molecule has 110 valence electrons. The van der Waals surface area contributed by atoms with Gasteiger partial charge in [0.25, 0.3) is 0 Å². The van der Waals surface area contributed by atoms with E-state index in [1.165, 1.54) is 13.2 Å². The zero-order valence-corrected chi connectivity index (χ0v) is 12.0. The highest BCUT2D eigenvalue weighted by molar-refractivity contribution is 7.89. The van der Waals surface area contributed by atoms with Gasteiger partial charge in [-0.25, -0.2) is 13.1 Å². The van der Waals surface area contributed by atoms with Crippen molar-refractivity contribution in [3.05, 3.63) is 35.6 Å². The number of hydrogen-bond donors (Lipinski definition) is 2. The first-order valence-electron chi connectivity index (χ1n) is 6.06. The Hall–Kier alpha value is -1.64. The van der Waals surface area contributed by atoms with Gasteiger partial charge < -0.3 is 14.0 Å². The van der Waals surface area contributed by atoms with E-state index in [-0.39, 0.29) is 23.6 Å². The highest BCUT2D eigenvalue weighted by atomic mass is 32.2. The monoisotopic (exact) mass is 300 g/mol. The van der Waals surface area contributed by atoms with Crippen LogP contribution >= 0.6 is 0 Å². The molecule has 2 heterocycles. The van der Waals surface area contributed by atoms with Crippen molar-refractivity contribution in [2.45, 2.75) is 31.3 Å². The van der Waals surface area contributed by atoms with Crippen molar-refractivity contribution in [3.63, 3.8) is 0 Å². The fourth-order valence-corrected chi connectivity index (χ4v) is 3.26. The van der Waals surface area contributed by atoms with Crippen LogP contribution in [0.3, 0.4) is 0 Å². The molecule has 2 N–H and O–H groups in total. The minimum absolute atomic E-state index is 0.0463. The molecule has 2 aromatic rings. The lowest BCUT2D eigenvalue weighted by atomic mass is 10.2. The van der Waals surface area contributed by atoms with Crippen LogP contribution in [-0.2, 0) is 10.0 Å². The topological polar surface area (TPSA) is 106 Å². The standard InChI is InChI=1S/C12H16N2O5S/c1-8-12(9(2)19-14-8)20(16,17)13-6-5-10(15)11-4-3-7-18-11/h3-4,7,10,13,15H,5-6H2,1-2H3/t10-/m0/s1. The number of aromatic nitrogens is 1. The predicted octanol–water partition coefficient (Wildman–Crippen LogP) is 1.29. The fourth-order valence-electron chi connectivity index (χ4n) is 1.88. The summed E-state index contributed by atoms with van der Waals surface area (Å²) in [5, 5.41) is 13.4. The van der Waals surface area contributed by atoms with Crippen molar-refractivity contribution in [2.24, 2.45) is 0 Å². The van der Waals surface area contributed by atoms with Crippen LogP contribution in [0, 0.1) is 13.8 Å². The van der Waals surface area contributed by atoms with Gasteiger partial charge in [-0.05, 0) is 32.4 Å². The number of hydrogen-bond acceptors (Lipinski definition) is 6. The summed E-state index contributed by atoms with van der Waals surface area (Å²) in [6.07, 6.45) is 0.806. The van der Waals surface area contributed by atoms with E-state index in [0.717, 1.165) is 0 Å². The Bertz CT molecular complexity index is 641. The van der Waals surface area contributed by atoms with E-state index in [1.807, 2.05) is 0 Å². The molecule has 0 aliphatic heterocycles. The molecule has 0 saturated heterocycles. The summed E-state index contributed by atoms with van der Waals surface area (Å²) >= 11 is 0. The van der Waals surface area contributed by atoms with Gasteiger partial charge in [0.15, 0.2) is 5.76 Å². The Labute approximate surface area is 116 Å². The Morgan fingerprint density at radius 2 is 2.20 bits per heavy atom. The molecule has 0 aliphatic rings. The number of sulfonamides is 1. The molecular formula is C12H16N2O5S. The van der Waals surface area contributed by atoms with Crippen molar-refractivity contribution in [2.75, 3.05) is 6.54 Å². The van der Waals surface area contributed by atoms with Crippen LogP contribution in [-0.4, -0.2) is 25.2 Å². The average molecular weight is 300 g/mol. The summed E-state index contributed by atoms with van der Waals surface area (Å²) in [7, 11) is -3.69. The van der Waals surface area contributed by atoms with Crippen LogP contribution in [0.4, 0.5) is 0 Å². The number of aliphatic hydroxyl groups is 1. The lowest BCUT2D eigenvalue weighted by molar-refractivity contribution is 0.142. The summed E-state index contributed by atoms with van der Waals surface area (Å²) in [6.45, 7) is 3.17. The molecule has 20 heavy (non-hydrogen) atoms. The Balaban J connectivity index is 1.97. The third kappa shape index (κ3) is 3.09. The van der Waals surface area contributed by atoms with E-state index in [2.05, 4.69) is 9.88 Å². The summed E-state index contributed by atoms with van der Waals surface area (Å²) in [5.74, 6) is 0.642. The molecule has 0 spiro atoms. The van der Waals surface area contributed by atoms with E-state index in [4.69, 9.17) is 8.94 Å². The molecule has 1 atom stereocenters. The van der Waals surface area contributed by atoms with Gasteiger partial charge in [-0.2, -0.15) is 0 Å². The number of aryl methyl sites for hydroxylation is 2. The SMILES string of the molecule is Cc1noc(C)c1S(=O)(=O)NCC[C@H](O)c1ccco1. The summed E-state index contributed by atoms with van der Waals surface area (Å²) in [6, 6.07) is 3.29. The van der Waals surface area contributed by atoms with Crippen molar-refractivity contribution in [1.82, 2.24) is 9.88 Å². The zero-order valence-electron chi connectivity index (χ0n) is 11.2. The average Bonchev–Trinajstić information content (AvgIpc) is 2.99. The second-order valence-corrected chi connectivity index (χ2v) is 6.07. The fraction of sp³-hybridized carbons (Fsp3) is 0.417. The largest absolute Gasteiger partial charge is 0.467 e. The third-order valence-electron chi connectivity index (χ3n) is 2.82. The highest BCUT2D eigenvalue weighted by Crippen LogP contribution is 2.20. The van der Waals surface area contributed by atoms with E-state index < -0.39 is 16.1 Å². The van der Waals surface area contributed by atoms with Crippen molar-refractivity contribution in [1.29, 1.82) is 0 Å². The second kappa shape index (κ2) is 5.78.